The largest absolute Gasteiger partial charge is 0.494 e. The molecule has 10 nitrogen and oxygen atoms in total. The number of nitro groups is 1. The van der Waals surface area contributed by atoms with Crippen molar-refractivity contribution in [3.63, 3.8) is 0 Å². The van der Waals surface area contributed by atoms with E-state index in [9.17, 15) is 14.9 Å². The number of amides is 1. The molecule has 32 heavy (non-hydrogen) atoms. The van der Waals surface area contributed by atoms with Gasteiger partial charge in [-0.3, -0.25) is 25.8 Å². The van der Waals surface area contributed by atoms with Crippen molar-refractivity contribution in [2.45, 2.75) is 19.8 Å². The Labute approximate surface area is 189 Å². The van der Waals surface area contributed by atoms with Gasteiger partial charge in [0, 0.05) is 5.69 Å². The molecule has 1 aromatic heterocycles. The molecule has 3 aromatic rings. The van der Waals surface area contributed by atoms with E-state index in [2.05, 4.69) is 33.1 Å². The molecule has 0 aliphatic heterocycles. The van der Waals surface area contributed by atoms with Gasteiger partial charge in [-0.25, -0.2) is 9.97 Å². The van der Waals surface area contributed by atoms with Crippen LogP contribution in [0, 0.1) is 10.1 Å². The van der Waals surface area contributed by atoms with Gasteiger partial charge in [0.15, 0.2) is 0 Å². The summed E-state index contributed by atoms with van der Waals surface area (Å²) in [7, 11) is 0. The van der Waals surface area contributed by atoms with Crippen molar-refractivity contribution < 1.29 is 14.5 Å². The maximum Gasteiger partial charge on any atom is 0.355 e. The molecule has 0 spiro atoms. The first-order valence-corrected chi connectivity index (χ1v) is 10.2. The second-order valence-electron chi connectivity index (χ2n) is 6.59. The average molecular weight is 457 g/mol. The van der Waals surface area contributed by atoms with Gasteiger partial charge in [0.1, 0.15) is 12.1 Å². The van der Waals surface area contributed by atoms with Gasteiger partial charge in [-0.15, -0.1) is 0 Å². The summed E-state index contributed by atoms with van der Waals surface area (Å²) < 4.78 is 5.61. The zero-order chi connectivity index (χ0) is 22.9. The van der Waals surface area contributed by atoms with Crippen LogP contribution >= 0.6 is 11.6 Å². The zero-order valence-corrected chi connectivity index (χ0v) is 17.9. The van der Waals surface area contributed by atoms with Gasteiger partial charge in [0.2, 0.25) is 11.6 Å². The quantitative estimate of drug-likeness (QED) is 0.227. The Balaban J connectivity index is 1.74. The average Bonchev–Trinajstić information content (AvgIpc) is 2.79. The van der Waals surface area contributed by atoms with Gasteiger partial charge in [-0.1, -0.05) is 37.1 Å². The van der Waals surface area contributed by atoms with Crippen LogP contribution in [-0.4, -0.2) is 27.4 Å². The second-order valence-corrected chi connectivity index (χ2v) is 6.99. The SMILES string of the molecule is CCCCOc1ccc(Nc2ncnc(NNC(=O)c3ccccc3Cl)c2[N+](=O)[O-])cc1. The molecule has 3 N–H and O–H groups in total. The molecule has 0 unspecified atom stereocenters. The number of aromatic nitrogens is 2. The molecule has 1 heterocycles. The molecule has 11 heteroatoms. The third-order valence-corrected chi connectivity index (χ3v) is 4.63. The summed E-state index contributed by atoms with van der Waals surface area (Å²) in [5.74, 6) is -0.103. The molecule has 3 rings (SSSR count). The minimum Gasteiger partial charge on any atom is -0.494 e. The first-order valence-electron chi connectivity index (χ1n) is 9.79. The molecular formula is C21H21ClN6O4. The number of nitrogens with one attached hydrogen (secondary N) is 3. The minimum absolute atomic E-state index is 0.0425. The topological polar surface area (TPSA) is 131 Å². The van der Waals surface area contributed by atoms with Gasteiger partial charge < -0.3 is 10.1 Å². The van der Waals surface area contributed by atoms with E-state index in [4.69, 9.17) is 16.3 Å². The van der Waals surface area contributed by atoms with Crippen LogP contribution in [0.4, 0.5) is 23.0 Å². The van der Waals surface area contributed by atoms with E-state index in [1.54, 1.807) is 42.5 Å². The molecule has 0 fully saturated rings. The Kier molecular flexibility index (Phi) is 7.76. The summed E-state index contributed by atoms with van der Waals surface area (Å²) >= 11 is 6.00. The van der Waals surface area contributed by atoms with E-state index in [0.29, 0.717) is 18.0 Å². The normalized spacial score (nSPS) is 10.3. The smallest absolute Gasteiger partial charge is 0.355 e. The lowest BCUT2D eigenvalue weighted by atomic mass is 10.2. The molecular weight excluding hydrogens is 436 g/mol. The highest BCUT2D eigenvalue weighted by Crippen LogP contribution is 2.31. The van der Waals surface area contributed by atoms with Crippen molar-refractivity contribution in [3.8, 4) is 5.75 Å². The maximum absolute atomic E-state index is 12.3. The third-order valence-electron chi connectivity index (χ3n) is 4.30. The van der Waals surface area contributed by atoms with E-state index in [1.807, 2.05) is 0 Å². The summed E-state index contributed by atoms with van der Waals surface area (Å²) in [5.41, 5.74) is 5.18. The van der Waals surface area contributed by atoms with E-state index in [0.717, 1.165) is 19.2 Å². The van der Waals surface area contributed by atoms with Gasteiger partial charge in [-0.2, -0.15) is 0 Å². The molecule has 166 valence electrons. The molecule has 0 aliphatic carbocycles. The Bertz CT molecular complexity index is 1090. The number of hydrogen-bond donors (Lipinski definition) is 3. The molecule has 2 aromatic carbocycles. The number of hydrogen-bond acceptors (Lipinski definition) is 8. The fourth-order valence-electron chi connectivity index (χ4n) is 2.67. The number of ether oxygens (including phenoxy) is 1. The van der Waals surface area contributed by atoms with E-state index >= 15 is 0 Å². The number of rotatable bonds is 10. The monoisotopic (exact) mass is 456 g/mol. The van der Waals surface area contributed by atoms with Crippen molar-refractivity contribution in [1.29, 1.82) is 0 Å². The fourth-order valence-corrected chi connectivity index (χ4v) is 2.89. The Morgan fingerprint density at radius 3 is 2.53 bits per heavy atom. The van der Waals surface area contributed by atoms with Crippen LogP contribution < -0.4 is 20.9 Å². The highest BCUT2D eigenvalue weighted by molar-refractivity contribution is 6.33. The fraction of sp³-hybridized carbons (Fsp3) is 0.190. The first kappa shape index (κ1) is 22.8. The van der Waals surface area contributed by atoms with Crippen molar-refractivity contribution in [3.05, 3.63) is 75.6 Å². The van der Waals surface area contributed by atoms with Crippen molar-refractivity contribution in [2.24, 2.45) is 0 Å². The number of anilines is 3. The molecule has 0 bridgehead atoms. The summed E-state index contributed by atoms with van der Waals surface area (Å²) in [6, 6.07) is 13.4. The molecule has 0 saturated heterocycles. The molecule has 0 saturated carbocycles. The van der Waals surface area contributed by atoms with Crippen LogP contribution in [0.2, 0.25) is 5.02 Å². The number of halogens is 1. The first-order chi connectivity index (χ1) is 15.5. The highest BCUT2D eigenvalue weighted by atomic mass is 35.5. The number of benzene rings is 2. The van der Waals surface area contributed by atoms with Crippen LogP contribution in [-0.2, 0) is 0 Å². The van der Waals surface area contributed by atoms with E-state index < -0.39 is 16.5 Å². The van der Waals surface area contributed by atoms with Gasteiger partial charge >= 0.3 is 5.69 Å². The molecule has 0 radical (unpaired) electrons. The lowest BCUT2D eigenvalue weighted by Gasteiger charge is -2.12. The third kappa shape index (κ3) is 5.82. The van der Waals surface area contributed by atoms with Gasteiger partial charge in [-0.05, 0) is 42.8 Å². The lowest BCUT2D eigenvalue weighted by Crippen LogP contribution is -2.30. The van der Waals surface area contributed by atoms with Crippen LogP contribution in [0.1, 0.15) is 30.1 Å². The predicted octanol–water partition coefficient (Wildman–Crippen LogP) is 4.72. The molecule has 1 amide bonds. The van der Waals surface area contributed by atoms with Crippen molar-refractivity contribution >= 4 is 40.5 Å². The summed E-state index contributed by atoms with van der Waals surface area (Å²) in [4.78, 5) is 31.2. The number of carbonyl (C=O) groups is 1. The maximum atomic E-state index is 12.3. The Morgan fingerprint density at radius 2 is 1.84 bits per heavy atom. The number of nitrogens with zero attached hydrogens (tertiary/aromatic N) is 3. The van der Waals surface area contributed by atoms with Crippen LogP contribution in [0.5, 0.6) is 5.75 Å². The van der Waals surface area contributed by atoms with Crippen LogP contribution in [0.15, 0.2) is 54.9 Å². The lowest BCUT2D eigenvalue weighted by molar-refractivity contribution is -0.383. The molecule has 0 atom stereocenters. The van der Waals surface area contributed by atoms with Gasteiger partial charge in [0.05, 0.1) is 22.1 Å². The molecule has 0 aliphatic rings. The van der Waals surface area contributed by atoms with Crippen LogP contribution in [0.25, 0.3) is 0 Å². The summed E-state index contributed by atoms with van der Waals surface area (Å²) in [6.45, 7) is 2.70. The predicted molar refractivity (Wildman–Crippen MR) is 121 cm³/mol. The Morgan fingerprint density at radius 1 is 1.12 bits per heavy atom. The van der Waals surface area contributed by atoms with Crippen molar-refractivity contribution in [2.75, 3.05) is 17.3 Å². The van der Waals surface area contributed by atoms with Crippen molar-refractivity contribution in [1.82, 2.24) is 15.4 Å². The summed E-state index contributed by atoms with van der Waals surface area (Å²) in [5, 5.41) is 14.8. The standard InChI is InChI=1S/C21H21ClN6O4/c1-2-3-12-32-15-10-8-14(9-11-15)25-19-18(28(30)31)20(24-13-23-19)26-27-21(29)16-6-4-5-7-17(16)22/h4-11,13H,2-3,12H2,1H3,(H,27,29)(H2,23,24,25,26). The van der Waals surface area contributed by atoms with Crippen LogP contribution in [0.3, 0.4) is 0 Å². The second kappa shape index (κ2) is 10.9. The number of carbonyl (C=O) groups excluding carboxylic acids is 1. The van der Waals surface area contributed by atoms with E-state index in [-0.39, 0.29) is 22.2 Å². The highest BCUT2D eigenvalue weighted by Gasteiger charge is 2.24. The van der Waals surface area contributed by atoms with E-state index in [1.165, 1.54) is 6.07 Å². The number of unbranched alkanes of at least 4 members (excludes halogenated alkanes) is 1. The summed E-state index contributed by atoms with van der Waals surface area (Å²) in [6.07, 6.45) is 3.13. The number of hydrazine groups is 1. The zero-order valence-electron chi connectivity index (χ0n) is 17.2. The minimum atomic E-state index is -0.644. The van der Waals surface area contributed by atoms with Gasteiger partial charge in [0.25, 0.3) is 5.91 Å². The Hall–Kier alpha value is -3.92.